The van der Waals surface area contributed by atoms with Crippen LogP contribution in [0, 0.1) is 0 Å². The van der Waals surface area contributed by atoms with Gasteiger partial charge in [0.15, 0.2) is 0 Å². The molecular weight excluding hydrogens is 261 g/mol. The molecule has 1 atom stereocenters. The average molecular weight is 284 g/mol. The summed E-state index contributed by atoms with van der Waals surface area (Å²) in [6.45, 7) is 2.14. The number of halogens is 3. The van der Waals surface area contributed by atoms with Crippen molar-refractivity contribution in [2.75, 3.05) is 0 Å². The minimum atomic E-state index is -5.04. The van der Waals surface area contributed by atoms with Gasteiger partial charge < -0.3 is 9.84 Å². The van der Waals surface area contributed by atoms with Gasteiger partial charge in [-0.15, -0.1) is 0 Å². The average Bonchev–Trinajstić information content (AvgIpc) is 2.31. The zero-order chi connectivity index (χ0) is 14.7. The van der Waals surface area contributed by atoms with E-state index in [-0.39, 0.29) is 6.42 Å². The highest BCUT2D eigenvalue weighted by atomic mass is 19.4. The Bertz CT molecular complexity index is 242. The Hall–Kier alpha value is -0.780. The third kappa shape index (κ3) is 10.8. The Morgan fingerprint density at radius 3 is 2.00 bits per heavy atom. The van der Waals surface area contributed by atoms with Crippen molar-refractivity contribution < 1.29 is 27.8 Å². The second-order valence-corrected chi connectivity index (χ2v) is 4.62. The molecule has 3 nitrogen and oxygen atoms in total. The van der Waals surface area contributed by atoms with Gasteiger partial charge in [0.2, 0.25) is 6.29 Å². The number of aliphatic hydroxyl groups excluding tert-OH is 1. The maximum absolute atomic E-state index is 11.8. The molecule has 0 aromatic heterocycles. The lowest BCUT2D eigenvalue weighted by molar-refractivity contribution is -0.220. The smallest absolute Gasteiger partial charge is 0.429 e. The first-order valence-corrected chi connectivity index (χ1v) is 6.83. The van der Waals surface area contributed by atoms with Gasteiger partial charge >= 0.3 is 12.1 Å². The Morgan fingerprint density at radius 1 is 1.05 bits per heavy atom. The Labute approximate surface area is 112 Å². The lowest BCUT2D eigenvalue weighted by Crippen LogP contribution is -2.30. The topological polar surface area (TPSA) is 46.5 Å². The number of aliphatic hydroxyl groups is 1. The molecule has 0 aromatic rings. The molecule has 0 radical (unpaired) electrons. The molecule has 0 amide bonds. The highest BCUT2D eigenvalue weighted by Gasteiger charge is 2.42. The SMILES string of the molecule is CCCCCCCCCCC(O)OC(=O)C(F)(F)F. The summed E-state index contributed by atoms with van der Waals surface area (Å²) < 4.78 is 39.3. The zero-order valence-electron chi connectivity index (χ0n) is 11.3. The summed E-state index contributed by atoms with van der Waals surface area (Å²) in [5.41, 5.74) is 0. The van der Waals surface area contributed by atoms with Crippen LogP contribution >= 0.6 is 0 Å². The van der Waals surface area contributed by atoms with E-state index < -0.39 is 18.4 Å². The van der Waals surface area contributed by atoms with Gasteiger partial charge in [0.05, 0.1) is 0 Å². The molecule has 0 bridgehead atoms. The van der Waals surface area contributed by atoms with E-state index in [1.54, 1.807) is 0 Å². The predicted octanol–water partition coefficient (Wildman–Crippen LogP) is 3.94. The molecular formula is C13H23F3O3. The van der Waals surface area contributed by atoms with Gasteiger partial charge in [0.1, 0.15) is 0 Å². The minimum absolute atomic E-state index is 0.0524. The number of alkyl halides is 3. The number of hydrogen-bond acceptors (Lipinski definition) is 3. The maximum Gasteiger partial charge on any atom is 0.491 e. The van der Waals surface area contributed by atoms with Crippen molar-refractivity contribution in [2.45, 2.75) is 77.2 Å². The molecule has 114 valence electrons. The summed E-state index contributed by atoms with van der Waals surface area (Å²) >= 11 is 0. The van der Waals surface area contributed by atoms with Gasteiger partial charge in [-0.2, -0.15) is 13.2 Å². The quantitative estimate of drug-likeness (QED) is 0.375. The fourth-order valence-electron chi connectivity index (χ4n) is 1.70. The second-order valence-electron chi connectivity index (χ2n) is 4.62. The van der Waals surface area contributed by atoms with Gasteiger partial charge in [0.25, 0.3) is 0 Å². The van der Waals surface area contributed by atoms with Crippen molar-refractivity contribution in [1.82, 2.24) is 0 Å². The van der Waals surface area contributed by atoms with Crippen molar-refractivity contribution in [1.29, 1.82) is 0 Å². The first-order chi connectivity index (χ1) is 8.88. The number of rotatable bonds is 10. The van der Waals surface area contributed by atoms with Crippen LogP contribution in [-0.4, -0.2) is 23.5 Å². The summed E-state index contributed by atoms with van der Waals surface area (Å²) in [6, 6.07) is 0. The molecule has 19 heavy (non-hydrogen) atoms. The molecule has 6 heteroatoms. The van der Waals surface area contributed by atoms with Gasteiger partial charge in [-0.1, -0.05) is 51.9 Å². The maximum atomic E-state index is 11.8. The number of ether oxygens (including phenoxy) is 1. The fourth-order valence-corrected chi connectivity index (χ4v) is 1.70. The first-order valence-electron chi connectivity index (χ1n) is 6.83. The fraction of sp³-hybridized carbons (Fsp3) is 0.923. The van der Waals surface area contributed by atoms with Crippen LogP contribution in [-0.2, 0) is 9.53 Å². The van der Waals surface area contributed by atoms with E-state index in [0.29, 0.717) is 6.42 Å². The molecule has 0 aromatic carbocycles. The van der Waals surface area contributed by atoms with Crippen LogP contribution in [0.25, 0.3) is 0 Å². The predicted molar refractivity (Wildman–Crippen MR) is 65.4 cm³/mol. The van der Waals surface area contributed by atoms with Crippen LogP contribution in [0.5, 0.6) is 0 Å². The summed E-state index contributed by atoms with van der Waals surface area (Å²) in [6.07, 6.45) is 1.62. The Morgan fingerprint density at radius 2 is 1.53 bits per heavy atom. The van der Waals surface area contributed by atoms with Crippen molar-refractivity contribution in [2.24, 2.45) is 0 Å². The summed E-state index contributed by atoms with van der Waals surface area (Å²) in [5.74, 6) is -2.33. The highest BCUT2D eigenvalue weighted by Crippen LogP contribution is 2.18. The monoisotopic (exact) mass is 284 g/mol. The van der Waals surface area contributed by atoms with Crippen LogP contribution in [0.4, 0.5) is 13.2 Å². The normalized spacial score (nSPS) is 13.3. The van der Waals surface area contributed by atoms with Crippen LogP contribution < -0.4 is 0 Å². The van der Waals surface area contributed by atoms with Crippen molar-refractivity contribution in [3.63, 3.8) is 0 Å². The standard InChI is InChI=1S/C13H23F3O3/c1-2-3-4-5-6-7-8-9-10-11(17)19-12(18)13(14,15)16/h11,17H,2-10H2,1H3. The molecule has 1 unspecified atom stereocenters. The summed E-state index contributed by atoms with van der Waals surface area (Å²) in [7, 11) is 0. The second kappa shape index (κ2) is 10.1. The summed E-state index contributed by atoms with van der Waals surface area (Å²) in [4.78, 5) is 10.4. The molecule has 0 fully saturated rings. The van der Waals surface area contributed by atoms with E-state index in [0.717, 1.165) is 19.3 Å². The van der Waals surface area contributed by atoms with E-state index in [9.17, 15) is 18.0 Å². The molecule has 0 heterocycles. The molecule has 0 saturated heterocycles. The number of esters is 1. The lowest BCUT2D eigenvalue weighted by atomic mass is 10.1. The van der Waals surface area contributed by atoms with Crippen molar-refractivity contribution in [3.8, 4) is 0 Å². The number of unbranched alkanes of at least 4 members (excludes halogenated alkanes) is 7. The van der Waals surface area contributed by atoms with Crippen LogP contribution in [0.3, 0.4) is 0 Å². The number of carbonyl (C=O) groups excluding carboxylic acids is 1. The van der Waals surface area contributed by atoms with Gasteiger partial charge in [-0.25, -0.2) is 4.79 Å². The third-order valence-corrected chi connectivity index (χ3v) is 2.78. The van der Waals surface area contributed by atoms with Crippen molar-refractivity contribution in [3.05, 3.63) is 0 Å². The summed E-state index contributed by atoms with van der Waals surface area (Å²) in [5, 5.41) is 9.11. The molecule has 0 aliphatic carbocycles. The van der Waals surface area contributed by atoms with Crippen LogP contribution in [0.1, 0.15) is 64.7 Å². The Balaban J connectivity index is 3.44. The van der Waals surface area contributed by atoms with E-state index >= 15 is 0 Å². The largest absolute Gasteiger partial charge is 0.491 e. The van der Waals surface area contributed by atoms with Crippen LogP contribution in [0.15, 0.2) is 0 Å². The van der Waals surface area contributed by atoms with E-state index in [2.05, 4.69) is 11.7 Å². The molecule has 0 aliphatic heterocycles. The van der Waals surface area contributed by atoms with E-state index in [1.807, 2.05) is 0 Å². The van der Waals surface area contributed by atoms with Crippen LogP contribution in [0.2, 0.25) is 0 Å². The number of hydrogen-bond donors (Lipinski definition) is 1. The molecule has 0 saturated carbocycles. The molecule has 0 spiro atoms. The molecule has 1 N–H and O–H groups in total. The molecule has 0 aliphatic rings. The van der Waals surface area contributed by atoms with E-state index in [4.69, 9.17) is 5.11 Å². The van der Waals surface area contributed by atoms with E-state index in [1.165, 1.54) is 25.7 Å². The van der Waals surface area contributed by atoms with Crippen molar-refractivity contribution >= 4 is 5.97 Å². The highest BCUT2D eigenvalue weighted by molar-refractivity contribution is 5.75. The molecule has 0 rings (SSSR count). The van der Waals surface area contributed by atoms with Gasteiger partial charge in [-0.3, -0.25) is 0 Å². The lowest BCUT2D eigenvalue weighted by Gasteiger charge is -2.13. The first kappa shape index (κ1) is 18.2. The third-order valence-electron chi connectivity index (χ3n) is 2.78. The number of carbonyl (C=O) groups is 1. The van der Waals surface area contributed by atoms with Gasteiger partial charge in [0, 0.05) is 6.42 Å². The zero-order valence-corrected chi connectivity index (χ0v) is 11.3. The van der Waals surface area contributed by atoms with Gasteiger partial charge in [-0.05, 0) is 6.42 Å². The Kier molecular flexibility index (Phi) is 9.65. The minimum Gasteiger partial charge on any atom is -0.429 e.